The number of carbonyl (C=O) groups is 2. The van der Waals surface area contributed by atoms with Crippen LogP contribution in [0.4, 0.5) is 0 Å². The molecule has 0 amide bonds. The number of rotatable bonds is 13. The van der Waals surface area contributed by atoms with E-state index in [0.717, 1.165) is 19.3 Å². The number of hydrogen-bond donors (Lipinski definition) is 3. The largest absolute Gasteiger partial charge is 0.481 e. The molecule has 0 aromatic carbocycles. The van der Waals surface area contributed by atoms with Gasteiger partial charge in [0.1, 0.15) is 5.78 Å². The predicted octanol–water partition coefficient (Wildman–Crippen LogP) is 3.48. The number of aliphatic carboxylic acids is 1. The average molecular weight is 354 g/mol. The highest BCUT2D eigenvalue weighted by Crippen LogP contribution is 2.38. The summed E-state index contributed by atoms with van der Waals surface area (Å²) >= 11 is 0. The number of carboxylic acid groups (broad SMARTS) is 1. The summed E-state index contributed by atoms with van der Waals surface area (Å²) in [6.45, 7) is 2.11. The molecular weight excluding hydrogens is 320 g/mol. The lowest BCUT2D eigenvalue weighted by molar-refractivity contribution is -0.137. The number of aliphatic hydroxyl groups excluding tert-OH is 2. The molecule has 0 unspecified atom stereocenters. The molecule has 5 nitrogen and oxygen atoms in total. The SMILES string of the molecule is CCCCCC(=O)CC[C@@H]1[C@@H](C/C=C/CCCC(=O)O)[C@@H](O)C[C@H]1O. The molecule has 0 radical (unpaired) electrons. The normalized spacial score (nSPS) is 26.4. The topological polar surface area (TPSA) is 94.8 Å². The summed E-state index contributed by atoms with van der Waals surface area (Å²) in [7, 11) is 0. The van der Waals surface area contributed by atoms with Gasteiger partial charge in [-0.25, -0.2) is 0 Å². The summed E-state index contributed by atoms with van der Waals surface area (Å²) in [5.74, 6) is -0.584. The minimum absolute atomic E-state index is 0.0193. The number of aliphatic hydroxyl groups is 2. The van der Waals surface area contributed by atoms with E-state index in [1.54, 1.807) is 0 Å². The van der Waals surface area contributed by atoms with Crippen LogP contribution in [0.1, 0.15) is 77.6 Å². The van der Waals surface area contributed by atoms with Crippen LogP contribution in [0.3, 0.4) is 0 Å². The van der Waals surface area contributed by atoms with Gasteiger partial charge in [0.05, 0.1) is 12.2 Å². The van der Waals surface area contributed by atoms with E-state index < -0.39 is 18.2 Å². The lowest BCUT2D eigenvalue weighted by Crippen LogP contribution is -2.22. The Bertz CT molecular complexity index is 432. The number of allylic oxidation sites excluding steroid dienone is 2. The third-order valence-corrected chi connectivity index (χ3v) is 5.17. The van der Waals surface area contributed by atoms with Gasteiger partial charge < -0.3 is 15.3 Å². The maximum Gasteiger partial charge on any atom is 0.303 e. The summed E-state index contributed by atoms with van der Waals surface area (Å²) in [4.78, 5) is 22.4. The first-order chi connectivity index (χ1) is 12.0. The molecule has 0 aromatic heterocycles. The molecule has 1 rings (SSSR count). The first-order valence-corrected chi connectivity index (χ1v) is 9.70. The zero-order valence-electron chi connectivity index (χ0n) is 15.4. The zero-order chi connectivity index (χ0) is 18.7. The molecule has 1 aliphatic carbocycles. The molecule has 1 saturated carbocycles. The number of carbonyl (C=O) groups excluding carboxylic acids is 1. The highest BCUT2D eigenvalue weighted by Gasteiger charge is 2.40. The standard InChI is InChI=1S/C20H34O5/c1-2-3-6-9-15(21)12-13-17-16(18(22)14-19(17)23)10-7-4-5-8-11-20(24)25/h4,7,16-19,22-23H,2-3,5-6,8-14H2,1H3,(H,24,25)/b7-4+/t16-,17-,18+,19-/m1/s1. The van der Waals surface area contributed by atoms with E-state index in [2.05, 4.69) is 6.92 Å². The van der Waals surface area contributed by atoms with Crippen molar-refractivity contribution in [3.05, 3.63) is 12.2 Å². The maximum absolute atomic E-state index is 12.0. The van der Waals surface area contributed by atoms with Crippen LogP contribution < -0.4 is 0 Å². The van der Waals surface area contributed by atoms with Crippen molar-refractivity contribution in [3.8, 4) is 0 Å². The molecule has 3 N–H and O–H groups in total. The van der Waals surface area contributed by atoms with E-state index in [4.69, 9.17) is 5.11 Å². The van der Waals surface area contributed by atoms with E-state index in [1.807, 2.05) is 12.2 Å². The number of hydrogen-bond acceptors (Lipinski definition) is 4. The van der Waals surface area contributed by atoms with Crippen molar-refractivity contribution in [1.29, 1.82) is 0 Å². The predicted molar refractivity (Wildman–Crippen MR) is 97.2 cm³/mol. The minimum Gasteiger partial charge on any atom is -0.481 e. The molecule has 144 valence electrons. The molecular formula is C20H34O5. The summed E-state index contributed by atoms with van der Waals surface area (Å²) in [6, 6.07) is 0. The number of ketones is 1. The van der Waals surface area contributed by atoms with Crippen LogP contribution in [0.25, 0.3) is 0 Å². The molecule has 25 heavy (non-hydrogen) atoms. The molecule has 1 aliphatic rings. The number of carboxylic acids is 1. The van der Waals surface area contributed by atoms with Gasteiger partial charge in [0.25, 0.3) is 0 Å². The molecule has 0 spiro atoms. The zero-order valence-corrected chi connectivity index (χ0v) is 15.4. The Labute approximate surface area is 151 Å². The molecule has 0 aliphatic heterocycles. The smallest absolute Gasteiger partial charge is 0.303 e. The Morgan fingerprint density at radius 1 is 0.960 bits per heavy atom. The van der Waals surface area contributed by atoms with Crippen LogP contribution in [0.2, 0.25) is 0 Å². The van der Waals surface area contributed by atoms with Gasteiger partial charge in [-0.15, -0.1) is 0 Å². The van der Waals surface area contributed by atoms with Gasteiger partial charge in [0, 0.05) is 19.3 Å². The van der Waals surface area contributed by atoms with Crippen LogP contribution in [-0.2, 0) is 9.59 Å². The van der Waals surface area contributed by atoms with Crippen LogP contribution in [0.5, 0.6) is 0 Å². The van der Waals surface area contributed by atoms with Crippen molar-refractivity contribution < 1.29 is 24.9 Å². The van der Waals surface area contributed by atoms with E-state index in [1.165, 1.54) is 0 Å². The average Bonchev–Trinajstić information content (AvgIpc) is 2.82. The molecule has 0 saturated heterocycles. The highest BCUT2D eigenvalue weighted by molar-refractivity contribution is 5.78. The van der Waals surface area contributed by atoms with Crippen LogP contribution in [0, 0.1) is 11.8 Å². The van der Waals surface area contributed by atoms with Gasteiger partial charge in [-0.05, 0) is 50.4 Å². The van der Waals surface area contributed by atoms with Gasteiger partial charge >= 0.3 is 5.97 Å². The van der Waals surface area contributed by atoms with Gasteiger partial charge in [-0.2, -0.15) is 0 Å². The van der Waals surface area contributed by atoms with Crippen LogP contribution in [-0.4, -0.2) is 39.3 Å². The van der Waals surface area contributed by atoms with Crippen LogP contribution in [0.15, 0.2) is 12.2 Å². The first-order valence-electron chi connectivity index (χ1n) is 9.70. The van der Waals surface area contributed by atoms with Crippen molar-refractivity contribution in [2.45, 2.75) is 89.8 Å². The van der Waals surface area contributed by atoms with Crippen LogP contribution >= 0.6 is 0 Å². The van der Waals surface area contributed by atoms with Gasteiger partial charge in [-0.1, -0.05) is 31.9 Å². The van der Waals surface area contributed by atoms with E-state index in [0.29, 0.717) is 44.9 Å². The van der Waals surface area contributed by atoms with Gasteiger partial charge in [0.2, 0.25) is 0 Å². The second kappa shape index (κ2) is 12.2. The van der Waals surface area contributed by atoms with E-state index in [-0.39, 0.29) is 24.0 Å². The van der Waals surface area contributed by atoms with E-state index in [9.17, 15) is 19.8 Å². The molecule has 5 heteroatoms. The van der Waals surface area contributed by atoms with Crippen molar-refractivity contribution >= 4 is 11.8 Å². The molecule has 4 atom stereocenters. The first kappa shape index (κ1) is 21.8. The molecule has 0 aromatic rings. The minimum atomic E-state index is -0.786. The Hall–Kier alpha value is -1.20. The Morgan fingerprint density at radius 2 is 1.68 bits per heavy atom. The second-order valence-corrected chi connectivity index (χ2v) is 7.23. The number of unbranched alkanes of at least 4 members (excludes halogenated alkanes) is 3. The van der Waals surface area contributed by atoms with Crippen molar-refractivity contribution in [2.75, 3.05) is 0 Å². The lowest BCUT2D eigenvalue weighted by Gasteiger charge is -2.22. The molecule has 1 fully saturated rings. The molecule has 0 heterocycles. The van der Waals surface area contributed by atoms with Crippen molar-refractivity contribution in [2.24, 2.45) is 11.8 Å². The monoisotopic (exact) mass is 354 g/mol. The third kappa shape index (κ3) is 8.63. The lowest BCUT2D eigenvalue weighted by atomic mass is 9.86. The fourth-order valence-electron chi connectivity index (χ4n) is 3.67. The van der Waals surface area contributed by atoms with E-state index >= 15 is 0 Å². The van der Waals surface area contributed by atoms with Crippen molar-refractivity contribution in [1.82, 2.24) is 0 Å². The summed E-state index contributed by atoms with van der Waals surface area (Å²) in [5.41, 5.74) is 0. The molecule has 0 bridgehead atoms. The summed E-state index contributed by atoms with van der Waals surface area (Å²) < 4.78 is 0. The Kier molecular flexibility index (Phi) is 10.7. The fourth-order valence-corrected chi connectivity index (χ4v) is 3.67. The Balaban J connectivity index is 2.38. The second-order valence-electron chi connectivity index (χ2n) is 7.23. The summed E-state index contributed by atoms with van der Waals surface area (Å²) in [5, 5.41) is 29.0. The highest BCUT2D eigenvalue weighted by atomic mass is 16.4. The maximum atomic E-state index is 12.0. The third-order valence-electron chi connectivity index (χ3n) is 5.17. The quantitative estimate of drug-likeness (QED) is 0.348. The van der Waals surface area contributed by atoms with Gasteiger partial charge in [0.15, 0.2) is 0 Å². The Morgan fingerprint density at radius 3 is 2.36 bits per heavy atom. The van der Waals surface area contributed by atoms with Gasteiger partial charge in [-0.3, -0.25) is 9.59 Å². The summed E-state index contributed by atoms with van der Waals surface area (Å²) in [6.07, 6.45) is 10.2. The fraction of sp³-hybridized carbons (Fsp3) is 0.800. The number of Topliss-reactive ketones (excluding diaryl/α,β-unsaturated/α-hetero) is 1. The van der Waals surface area contributed by atoms with Crippen molar-refractivity contribution in [3.63, 3.8) is 0 Å².